The maximum atomic E-state index is 13.6. The molecule has 1 amide bonds. The number of halogens is 1. The highest BCUT2D eigenvalue weighted by atomic mass is 19.1. The fraction of sp³-hybridized carbons (Fsp3) is 0.0952. The van der Waals surface area contributed by atoms with Gasteiger partial charge in [0.1, 0.15) is 28.5 Å². The third-order valence-electron chi connectivity index (χ3n) is 4.35. The summed E-state index contributed by atoms with van der Waals surface area (Å²) < 4.78 is 30.0. The van der Waals surface area contributed by atoms with Crippen LogP contribution < -0.4 is 14.8 Å². The van der Waals surface area contributed by atoms with Crippen molar-refractivity contribution in [2.45, 2.75) is 0 Å². The summed E-state index contributed by atoms with van der Waals surface area (Å²) in [4.78, 5) is 12.7. The molecule has 4 rings (SSSR count). The molecule has 0 aliphatic carbocycles. The van der Waals surface area contributed by atoms with Crippen LogP contribution in [0.15, 0.2) is 59.0 Å². The predicted molar refractivity (Wildman–Crippen MR) is 101 cm³/mol. The zero-order chi connectivity index (χ0) is 19.0. The highest BCUT2D eigenvalue weighted by Crippen LogP contribution is 2.36. The third-order valence-corrected chi connectivity index (χ3v) is 4.35. The fourth-order valence-electron chi connectivity index (χ4n) is 3.07. The number of para-hydroxylation sites is 1. The molecule has 27 heavy (non-hydrogen) atoms. The van der Waals surface area contributed by atoms with Crippen LogP contribution in [0.2, 0.25) is 0 Å². The zero-order valence-corrected chi connectivity index (χ0v) is 14.7. The van der Waals surface area contributed by atoms with Crippen LogP contribution >= 0.6 is 0 Å². The Labute approximate surface area is 154 Å². The van der Waals surface area contributed by atoms with E-state index in [1.54, 1.807) is 12.1 Å². The summed E-state index contributed by atoms with van der Waals surface area (Å²) in [5, 5.41) is 4.58. The van der Waals surface area contributed by atoms with Gasteiger partial charge >= 0.3 is 0 Å². The molecule has 1 aromatic heterocycles. The number of fused-ring (bicyclic) bond motifs is 3. The number of hydrogen-bond acceptors (Lipinski definition) is 4. The normalized spacial score (nSPS) is 10.9. The zero-order valence-electron chi connectivity index (χ0n) is 14.7. The number of carbonyl (C=O) groups is 1. The van der Waals surface area contributed by atoms with Crippen LogP contribution in [0.4, 0.5) is 10.1 Å². The number of rotatable bonds is 4. The van der Waals surface area contributed by atoms with E-state index in [-0.39, 0.29) is 11.3 Å². The van der Waals surface area contributed by atoms with Gasteiger partial charge in [-0.3, -0.25) is 4.79 Å². The number of carbonyl (C=O) groups excluding carboxylic acids is 1. The fourth-order valence-corrected chi connectivity index (χ4v) is 3.07. The van der Waals surface area contributed by atoms with Crippen LogP contribution in [0, 0.1) is 5.82 Å². The van der Waals surface area contributed by atoms with Crippen molar-refractivity contribution in [2.24, 2.45) is 0 Å². The maximum absolute atomic E-state index is 13.6. The summed E-state index contributed by atoms with van der Waals surface area (Å²) in [7, 11) is 2.94. The summed E-state index contributed by atoms with van der Waals surface area (Å²) in [6, 6.07) is 14.9. The van der Waals surface area contributed by atoms with E-state index in [4.69, 9.17) is 13.9 Å². The standard InChI is InChI=1S/C21H16FNO4/c1-25-17-8-7-12(22)9-15(17)21(24)23-16-11-19-14(10-20(16)26-2)13-5-3-4-6-18(13)27-19/h3-11H,1-2H3,(H,23,24). The van der Waals surface area contributed by atoms with Gasteiger partial charge in [-0.2, -0.15) is 0 Å². The monoisotopic (exact) mass is 365 g/mol. The molecule has 0 aliphatic heterocycles. The van der Waals surface area contributed by atoms with Crippen molar-refractivity contribution in [3.8, 4) is 11.5 Å². The molecule has 0 fully saturated rings. The molecule has 5 nitrogen and oxygen atoms in total. The summed E-state index contributed by atoms with van der Waals surface area (Å²) >= 11 is 0. The average Bonchev–Trinajstić information content (AvgIpc) is 3.04. The SMILES string of the molecule is COc1cc2c(cc1NC(=O)c1cc(F)ccc1OC)oc1ccccc12. The molecule has 0 aliphatic rings. The lowest BCUT2D eigenvalue weighted by Gasteiger charge is -2.12. The molecule has 0 radical (unpaired) electrons. The number of ether oxygens (including phenoxy) is 2. The molecular weight excluding hydrogens is 349 g/mol. The summed E-state index contributed by atoms with van der Waals surface area (Å²) in [5.41, 5.74) is 1.85. The Hall–Kier alpha value is -3.54. The first-order valence-electron chi connectivity index (χ1n) is 8.25. The van der Waals surface area contributed by atoms with Crippen LogP contribution in [-0.2, 0) is 0 Å². The van der Waals surface area contributed by atoms with Gasteiger partial charge in [0.2, 0.25) is 0 Å². The van der Waals surface area contributed by atoms with Crippen molar-refractivity contribution in [1.29, 1.82) is 0 Å². The molecule has 1 N–H and O–H groups in total. The minimum Gasteiger partial charge on any atom is -0.496 e. The Bertz CT molecular complexity index is 1170. The molecular formula is C21H16FNO4. The molecule has 0 bridgehead atoms. The molecule has 1 heterocycles. The van der Waals surface area contributed by atoms with Gasteiger partial charge in [-0.25, -0.2) is 4.39 Å². The van der Waals surface area contributed by atoms with E-state index in [2.05, 4.69) is 5.32 Å². The van der Waals surface area contributed by atoms with Crippen LogP contribution in [0.5, 0.6) is 11.5 Å². The number of methoxy groups -OCH3 is 2. The number of amides is 1. The predicted octanol–water partition coefficient (Wildman–Crippen LogP) is 4.99. The largest absolute Gasteiger partial charge is 0.496 e. The number of furan rings is 1. The molecule has 6 heteroatoms. The Kier molecular flexibility index (Phi) is 4.16. The van der Waals surface area contributed by atoms with Crippen LogP contribution in [0.3, 0.4) is 0 Å². The summed E-state index contributed by atoms with van der Waals surface area (Å²) in [6.07, 6.45) is 0. The Balaban J connectivity index is 1.78. The van der Waals surface area contributed by atoms with Gasteiger partial charge < -0.3 is 19.2 Å². The van der Waals surface area contributed by atoms with Crippen molar-refractivity contribution >= 4 is 33.5 Å². The summed E-state index contributed by atoms with van der Waals surface area (Å²) in [5.74, 6) is -0.295. The quantitative estimate of drug-likeness (QED) is 0.553. The lowest BCUT2D eigenvalue weighted by molar-refractivity contribution is 0.102. The van der Waals surface area contributed by atoms with Crippen molar-refractivity contribution in [1.82, 2.24) is 0 Å². The van der Waals surface area contributed by atoms with Gasteiger partial charge in [0.05, 0.1) is 25.5 Å². The molecule has 4 aromatic rings. The average molecular weight is 365 g/mol. The second kappa shape index (κ2) is 6.64. The molecule has 0 atom stereocenters. The number of nitrogens with one attached hydrogen (secondary N) is 1. The van der Waals surface area contributed by atoms with E-state index in [0.29, 0.717) is 17.0 Å². The third kappa shape index (κ3) is 2.95. The van der Waals surface area contributed by atoms with Crippen LogP contribution in [-0.4, -0.2) is 20.1 Å². The van der Waals surface area contributed by atoms with E-state index < -0.39 is 11.7 Å². The van der Waals surface area contributed by atoms with Crippen molar-refractivity contribution in [2.75, 3.05) is 19.5 Å². The lowest BCUT2D eigenvalue weighted by atomic mass is 10.1. The van der Waals surface area contributed by atoms with E-state index in [0.717, 1.165) is 22.4 Å². The minimum absolute atomic E-state index is 0.0873. The Morgan fingerprint density at radius 1 is 0.926 bits per heavy atom. The highest BCUT2D eigenvalue weighted by molar-refractivity contribution is 6.10. The van der Waals surface area contributed by atoms with E-state index in [1.165, 1.54) is 26.4 Å². The molecule has 3 aromatic carbocycles. The molecule has 0 saturated heterocycles. The Morgan fingerprint density at radius 2 is 1.70 bits per heavy atom. The first kappa shape index (κ1) is 16.9. The molecule has 0 saturated carbocycles. The van der Waals surface area contributed by atoms with Crippen molar-refractivity contribution in [3.05, 3.63) is 66.0 Å². The highest BCUT2D eigenvalue weighted by Gasteiger charge is 2.18. The Morgan fingerprint density at radius 3 is 2.48 bits per heavy atom. The number of hydrogen-bond donors (Lipinski definition) is 1. The van der Waals surface area contributed by atoms with Crippen LogP contribution in [0.1, 0.15) is 10.4 Å². The van der Waals surface area contributed by atoms with Crippen LogP contribution in [0.25, 0.3) is 21.9 Å². The second-order valence-corrected chi connectivity index (χ2v) is 5.95. The first-order valence-corrected chi connectivity index (χ1v) is 8.25. The molecule has 0 unspecified atom stereocenters. The minimum atomic E-state index is -0.527. The van der Waals surface area contributed by atoms with Gasteiger partial charge in [-0.15, -0.1) is 0 Å². The van der Waals surface area contributed by atoms with E-state index >= 15 is 0 Å². The van der Waals surface area contributed by atoms with Gasteiger partial charge in [-0.1, -0.05) is 18.2 Å². The van der Waals surface area contributed by atoms with Gasteiger partial charge in [-0.05, 0) is 30.3 Å². The van der Waals surface area contributed by atoms with Gasteiger partial charge in [0.15, 0.2) is 0 Å². The van der Waals surface area contributed by atoms with E-state index in [9.17, 15) is 9.18 Å². The smallest absolute Gasteiger partial charge is 0.259 e. The molecule has 136 valence electrons. The van der Waals surface area contributed by atoms with Crippen molar-refractivity contribution in [3.63, 3.8) is 0 Å². The van der Waals surface area contributed by atoms with E-state index in [1.807, 2.05) is 24.3 Å². The van der Waals surface area contributed by atoms with Crippen molar-refractivity contribution < 1.29 is 23.1 Å². The first-order chi connectivity index (χ1) is 13.1. The van der Waals surface area contributed by atoms with Gasteiger partial charge in [0, 0.05) is 16.8 Å². The summed E-state index contributed by atoms with van der Waals surface area (Å²) in [6.45, 7) is 0. The lowest BCUT2D eigenvalue weighted by Crippen LogP contribution is -2.14. The van der Waals surface area contributed by atoms with Gasteiger partial charge in [0.25, 0.3) is 5.91 Å². The number of benzene rings is 3. The number of anilines is 1. The molecule has 0 spiro atoms. The topological polar surface area (TPSA) is 60.7 Å². The maximum Gasteiger partial charge on any atom is 0.259 e. The second-order valence-electron chi connectivity index (χ2n) is 5.95.